The Morgan fingerprint density at radius 2 is 1.97 bits per heavy atom. The zero-order chi connectivity index (χ0) is 21.8. The Labute approximate surface area is 177 Å². The lowest BCUT2D eigenvalue weighted by Gasteiger charge is -2.09. The summed E-state index contributed by atoms with van der Waals surface area (Å²) in [6.45, 7) is 1.93. The maximum absolute atomic E-state index is 12.3. The molecule has 3 aromatic heterocycles. The molecule has 1 amide bonds. The Morgan fingerprint density at radius 3 is 2.71 bits per heavy atom. The monoisotopic (exact) mass is 413 g/mol. The molecular formula is C23H19N5O3. The first-order chi connectivity index (χ1) is 15.0. The molecule has 0 saturated heterocycles. The molecule has 0 saturated carbocycles. The second kappa shape index (κ2) is 8.58. The van der Waals surface area contributed by atoms with Crippen LogP contribution in [0.25, 0.3) is 28.4 Å². The van der Waals surface area contributed by atoms with Gasteiger partial charge in [0, 0.05) is 42.3 Å². The van der Waals surface area contributed by atoms with Crippen LogP contribution in [0.4, 0.5) is 5.69 Å². The number of carboxylic acids is 1. The van der Waals surface area contributed by atoms with Crippen LogP contribution in [0.5, 0.6) is 0 Å². The van der Waals surface area contributed by atoms with Crippen LogP contribution in [0.2, 0.25) is 0 Å². The summed E-state index contributed by atoms with van der Waals surface area (Å²) in [5.41, 5.74) is 3.18. The van der Waals surface area contributed by atoms with Gasteiger partial charge in [0.1, 0.15) is 11.5 Å². The highest BCUT2D eigenvalue weighted by Gasteiger charge is 2.19. The average molecular weight is 413 g/mol. The minimum absolute atomic E-state index is 0.0994. The molecule has 0 radical (unpaired) electrons. The number of pyridine rings is 1. The van der Waals surface area contributed by atoms with Crippen molar-refractivity contribution in [3.8, 4) is 11.3 Å². The number of aryl methyl sites for hydroxylation is 1. The third kappa shape index (κ3) is 4.32. The number of benzene rings is 1. The van der Waals surface area contributed by atoms with E-state index in [4.69, 9.17) is 0 Å². The third-order valence-electron chi connectivity index (χ3n) is 4.66. The van der Waals surface area contributed by atoms with Crippen molar-refractivity contribution in [2.24, 2.45) is 0 Å². The molecule has 0 aliphatic rings. The summed E-state index contributed by atoms with van der Waals surface area (Å²) in [6, 6.07) is 10.7. The second-order valence-corrected chi connectivity index (χ2v) is 6.76. The number of carbonyl (C=O) groups is 2. The number of aromatic carboxylic acids is 1. The van der Waals surface area contributed by atoms with E-state index >= 15 is 0 Å². The van der Waals surface area contributed by atoms with Crippen LogP contribution < -0.4 is 5.32 Å². The Kier molecular flexibility index (Phi) is 5.53. The maximum Gasteiger partial charge on any atom is 0.338 e. The molecule has 31 heavy (non-hydrogen) atoms. The van der Waals surface area contributed by atoms with Crippen molar-refractivity contribution in [1.29, 1.82) is 0 Å². The van der Waals surface area contributed by atoms with Crippen molar-refractivity contribution in [1.82, 2.24) is 19.9 Å². The number of aromatic nitrogens is 4. The number of H-pyrrole nitrogens is 1. The molecule has 0 fully saturated rings. The molecule has 0 unspecified atom stereocenters. The van der Waals surface area contributed by atoms with Gasteiger partial charge in [-0.05, 0) is 35.9 Å². The van der Waals surface area contributed by atoms with Gasteiger partial charge in [0.2, 0.25) is 5.91 Å². The Balaban J connectivity index is 1.67. The van der Waals surface area contributed by atoms with Crippen LogP contribution in [0.3, 0.4) is 0 Å². The highest BCUT2D eigenvalue weighted by atomic mass is 16.4. The van der Waals surface area contributed by atoms with E-state index in [1.165, 1.54) is 12.3 Å². The van der Waals surface area contributed by atoms with E-state index in [0.29, 0.717) is 40.2 Å². The number of rotatable bonds is 6. The molecule has 8 nitrogen and oxygen atoms in total. The summed E-state index contributed by atoms with van der Waals surface area (Å²) in [6.07, 6.45) is 8.46. The van der Waals surface area contributed by atoms with Crippen molar-refractivity contribution in [2.45, 2.75) is 13.3 Å². The quantitative estimate of drug-likeness (QED) is 0.412. The molecule has 0 aliphatic carbocycles. The molecule has 3 heterocycles. The molecule has 4 aromatic rings. The predicted octanol–water partition coefficient (Wildman–Crippen LogP) is 3.93. The van der Waals surface area contributed by atoms with Crippen molar-refractivity contribution in [2.75, 3.05) is 5.32 Å². The van der Waals surface area contributed by atoms with Crippen LogP contribution in [0.1, 0.15) is 28.7 Å². The molecule has 3 N–H and O–H groups in total. The standard InChI is InChI=1S/C23H19N5O3/c1-2-18-27-21(20-17(23(30)31)13-25-22(20)28-18)15-4-3-5-16(12-15)26-19(29)7-6-14-8-10-24-11-9-14/h3-13H,2H2,1H3,(H,26,29)(H,30,31)(H,25,27,28)/b7-6+. The number of nitrogens with zero attached hydrogens (tertiary/aromatic N) is 3. The first kappa shape index (κ1) is 20.0. The number of carboxylic acid groups (broad SMARTS) is 1. The molecule has 4 rings (SSSR count). The summed E-state index contributed by atoms with van der Waals surface area (Å²) >= 11 is 0. The molecular weight excluding hydrogens is 394 g/mol. The summed E-state index contributed by atoms with van der Waals surface area (Å²) in [5, 5.41) is 12.8. The van der Waals surface area contributed by atoms with E-state index in [1.807, 2.05) is 13.0 Å². The average Bonchev–Trinajstić information content (AvgIpc) is 3.22. The van der Waals surface area contributed by atoms with Gasteiger partial charge in [0.05, 0.1) is 16.6 Å². The van der Waals surface area contributed by atoms with Crippen LogP contribution in [0, 0.1) is 0 Å². The van der Waals surface area contributed by atoms with Crippen molar-refractivity contribution >= 4 is 34.7 Å². The van der Waals surface area contributed by atoms with Gasteiger partial charge >= 0.3 is 5.97 Å². The van der Waals surface area contributed by atoms with E-state index in [0.717, 1.165) is 5.56 Å². The van der Waals surface area contributed by atoms with Crippen molar-refractivity contribution < 1.29 is 14.7 Å². The van der Waals surface area contributed by atoms with Gasteiger partial charge < -0.3 is 15.4 Å². The number of carbonyl (C=O) groups excluding carboxylic acids is 1. The zero-order valence-corrected chi connectivity index (χ0v) is 16.7. The van der Waals surface area contributed by atoms with Crippen LogP contribution >= 0.6 is 0 Å². The smallest absolute Gasteiger partial charge is 0.338 e. The highest BCUT2D eigenvalue weighted by Crippen LogP contribution is 2.30. The predicted molar refractivity (Wildman–Crippen MR) is 118 cm³/mol. The third-order valence-corrected chi connectivity index (χ3v) is 4.66. The van der Waals surface area contributed by atoms with E-state index in [9.17, 15) is 14.7 Å². The topological polar surface area (TPSA) is 121 Å². The van der Waals surface area contributed by atoms with Crippen LogP contribution in [-0.4, -0.2) is 36.9 Å². The lowest BCUT2D eigenvalue weighted by molar-refractivity contribution is -0.111. The fraction of sp³-hybridized carbons (Fsp3) is 0.0870. The van der Waals surface area contributed by atoms with Gasteiger partial charge in [-0.25, -0.2) is 14.8 Å². The number of fused-ring (bicyclic) bond motifs is 1. The van der Waals surface area contributed by atoms with Crippen molar-refractivity contribution in [3.63, 3.8) is 0 Å². The fourth-order valence-corrected chi connectivity index (χ4v) is 3.19. The molecule has 0 spiro atoms. The molecule has 1 aromatic carbocycles. The number of anilines is 1. The van der Waals surface area contributed by atoms with Gasteiger partial charge in [0.15, 0.2) is 0 Å². The number of hydrogen-bond donors (Lipinski definition) is 3. The fourth-order valence-electron chi connectivity index (χ4n) is 3.19. The SMILES string of the molecule is CCc1nc(-c2cccc(NC(=O)/C=C/c3ccncc3)c2)c2c(C(=O)O)c[nH]c2n1. The number of hydrogen-bond acceptors (Lipinski definition) is 5. The minimum atomic E-state index is -1.06. The number of nitrogens with one attached hydrogen (secondary N) is 2. The molecule has 8 heteroatoms. The highest BCUT2D eigenvalue weighted by molar-refractivity contribution is 6.08. The maximum atomic E-state index is 12.3. The molecule has 0 bridgehead atoms. The normalized spacial score (nSPS) is 11.1. The minimum Gasteiger partial charge on any atom is -0.478 e. The zero-order valence-electron chi connectivity index (χ0n) is 16.7. The first-order valence-electron chi connectivity index (χ1n) is 9.66. The van der Waals surface area contributed by atoms with E-state index < -0.39 is 5.97 Å². The van der Waals surface area contributed by atoms with Gasteiger partial charge in [0.25, 0.3) is 0 Å². The van der Waals surface area contributed by atoms with E-state index in [2.05, 4.69) is 25.3 Å². The summed E-state index contributed by atoms with van der Waals surface area (Å²) < 4.78 is 0. The van der Waals surface area contributed by atoms with Gasteiger partial charge in [-0.3, -0.25) is 9.78 Å². The van der Waals surface area contributed by atoms with Crippen LogP contribution in [-0.2, 0) is 11.2 Å². The van der Waals surface area contributed by atoms with Crippen LogP contribution in [0.15, 0.2) is 61.1 Å². The lowest BCUT2D eigenvalue weighted by Crippen LogP contribution is -2.08. The Bertz CT molecular complexity index is 1300. The number of amides is 1. The van der Waals surface area contributed by atoms with E-state index in [-0.39, 0.29) is 11.5 Å². The van der Waals surface area contributed by atoms with Gasteiger partial charge in [-0.2, -0.15) is 0 Å². The largest absolute Gasteiger partial charge is 0.478 e. The van der Waals surface area contributed by atoms with Gasteiger partial charge in [-0.15, -0.1) is 0 Å². The lowest BCUT2D eigenvalue weighted by atomic mass is 10.1. The van der Waals surface area contributed by atoms with Crippen molar-refractivity contribution in [3.05, 3.63) is 78.0 Å². The van der Waals surface area contributed by atoms with E-state index in [1.54, 1.807) is 48.8 Å². The summed E-state index contributed by atoms with van der Waals surface area (Å²) in [5.74, 6) is -0.758. The summed E-state index contributed by atoms with van der Waals surface area (Å²) in [4.78, 5) is 39.8. The molecule has 154 valence electrons. The summed E-state index contributed by atoms with van der Waals surface area (Å²) in [7, 11) is 0. The van der Waals surface area contributed by atoms with Gasteiger partial charge in [-0.1, -0.05) is 19.1 Å². The Hall–Kier alpha value is -4.33. The molecule has 0 aliphatic heterocycles. The first-order valence-corrected chi connectivity index (χ1v) is 9.66. The number of aromatic amines is 1. The Morgan fingerprint density at radius 1 is 1.16 bits per heavy atom. The second-order valence-electron chi connectivity index (χ2n) is 6.76. The molecule has 0 atom stereocenters.